The van der Waals surface area contributed by atoms with Crippen LogP contribution < -0.4 is 14.5 Å². The Morgan fingerprint density at radius 2 is 1.00 bits per heavy atom. The molecule has 3 heteroatoms. The first-order chi connectivity index (χ1) is 19.2. The molecule has 0 radical (unpaired) electrons. The van der Waals surface area contributed by atoms with Crippen LogP contribution in [0.1, 0.15) is 0 Å². The van der Waals surface area contributed by atoms with Gasteiger partial charge in [0.25, 0.3) is 0 Å². The van der Waals surface area contributed by atoms with Crippen LogP contribution in [-0.2, 0) is 0 Å². The molecule has 6 aromatic carbocycles. The molecule has 0 aliphatic carbocycles. The number of methoxy groups -OCH3 is 1. The third-order valence-electron chi connectivity index (χ3n) is 7.16. The fraction of sp³-hybridized carbons (Fsp3) is 0.0556. The minimum Gasteiger partial charge on any atom is -0.497 e. The van der Waals surface area contributed by atoms with Crippen LogP contribution in [-0.4, -0.2) is 14.2 Å². The Bertz CT molecular complexity index is 1690. The first-order valence-corrected chi connectivity index (χ1v) is 13.1. The van der Waals surface area contributed by atoms with Crippen molar-refractivity contribution in [3.63, 3.8) is 0 Å². The number of rotatable bonds is 7. The molecule has 190 valence electrons. The molecular weight excluding hydrogens is 476 g/mol. The van der Waals surface area contributed by atoms with Gasteiger partial charge in [-0.1, -0.05) is 78.9 Å². The van der Waals surface area contributed by atoms with E-state index in [9.17, 15) is 0 Å². The van der Waals surface area contributed by atoms with Crippen LogP contribution in [0.4, 0.5) is 28.4 Å². The van der Waals surface area contributed by atoms with Crippen molar-refractivity contribution in [2.75, 3.05) is 24.0 Å². The van der Waals surface area contributed by atoms with Gasteiger partial charge in [0.2, 0.25) is 0 Å². The first kappa shape index (κ1) is 24.3. The number of nitrogens with zero attached hydrogens (tertiary/aromatic N) is 2. The lowest BCUT2D eigenvalue weighted by Crippen LogP contribution is -2.09. The normalized spacial score (nSPS) is 10.8. The van der Waals surface area contributed by atoms with Crippen LogP contribution in [0.25, 0.3) is 21.9 Å². The fourth-order valence-corrected chi connectivity index (χ4v) is 4.99. The predicted octanol–water partition coefficient (Wildman–Crippen LogP) is 9.75. The molecule has 0 aliphatic rings. The van der Waals surface area contributed by atoms with Crippen molar-refractivity contribution < 1.29 is 4.74 Å². The summed E-state index contributed by atoms with van der Waals surface area (Å²) in [5.41, 5.74) is 7.95. The molecule has 0 atom stereocenters. The Kier molecular flexibility index (Phi) is 6.71. The molecular formula is C36H30N2O. The van der Waals surface area contributed by atoms with E-state index in [1.54, 1.807) is 7.11 Å². The molecule has 39 heavy (non-hydrogen) atoms. The zero-order chi connectivity index (χ0) is 26.6. The number of ether oxygens (including phenoxy) is 1. The number of hydrogen-bond donors (Lipinski definition) is 0. The standard InChI is InChI=1S/C36H30N2O/c1-37(34-13-8-14-36(26-34)39-2)31-20-15-28(16-21-31)29-17-22-33(23-18-29)38(32-11-4-3-5-12-32)35-24-19-27-9-6-7-10-30(27)25-35/h3-26H,1-2H3. The van der Waals surface area contributed by atoms with Crippen molar-refractivity contribution >= 4 is 39.2 Å². The number of benzene rings is 6. The topological polar surface area (TPSA) is 15.7 Å². The van der Waals surface area contributed by atoms with Gasteiger partial charge in [-0.2, -0.15) is 0 Å². The maximum absolute atomic E-state index is 5.39. The second-order valence-corrected chi connectivity index (χ2v) is 9.56. The molecule has 0 heterocycles. The van der Waals surface area contributed by atoms with Crippen molar-refractivity contribution in [1.82, 2.24) is 0 Å². The Morgan fingerprint density at radius 1 is 0.436 bits per heavy atom. The molecule has 0 saturated heterocycles. The molecule has 0 fully saturated rings. The summed E-state index contributed by atoms with van der Waals surface area (Å²) < 4.78 is 5.39. The maximum Gasteiger partial charge on any atom is 0.120 e. The zero-order valence-electron chi connectivity index (χ0n) is 22.2. The van der Waals surface area contributed by atoms with Gasteiger partial charge in [-0.15, -0.1) is 0 Å². The Hall–Kier alpha value is -5.02. The molecule has 0 bridgehead atoms. The molecule has 0 aliphatic heterocycles. The smallest absolute Gasteiger partial charge is 0.120 e. The van der Waals surface area contributed by atoms with Gasteiger partial charge < -0.3 is 14.5 Å². The highest BCUT2D eigenvalue weighted by molar-refractivity contribution is 5.89. The fourth-order valence-electron chi connectivity index (χ4n) is 4.99. The highest BCUT2D eigenvalue weighted by atomic mass is 16.5. The van der Waals surface area contributed by atoms with Crippen LogP contribution in [0.3, 0.4) is 0 Å². The summed E-state index contributed by atoms with van der Waals surface area (Å²) in [5, 5.41) is 2.47. The Labute approximate surface area is 230 Å². The van der Waals surface area contributed by atoms with Crippen LogP contribution in [0.15, 0.2) is 146 Å². The van der Waals surface area contributed by atoms with Crippen LogP contribution >= 0.6 is 0 Å². The van der Waals surface area contributed by atoms with Gasteiger partial charge >= 0.3 is 0 Å². The Morgan fingerprint density at radius 3 is 1.69 bits per heavy atom. The van der Waals surface area contributed by atoms with E-state index in [1.165, 1.54) is 21.9 Å². The van der Waals surface area contributed by atoms with E-state index in [4.69, 9.17) is 4.74 Å². The molecule has 0 aromatic heterocycles. The van der Waals surface area contributed by atoms with Crippen molar-refractivity contribution in [3.8, 4) is 16.9 Å². The van der Waals surface area contributed by atoms with Gasteiger partial charge in [0.15, 0.2) is 0 Å². The predicted molar refractivity (Wildman–Crippen MR) is 165 cm³/mol. The van der Waals surface area contributed by atoms with Crippen LogP contribution in [0.5, 0.6) is 5.75 Å². The second kappa shape index (κ2) is 10.8. The number of hydrogen-bond acceptors (Lipinski definition) is 3. The van der Waals surface area contributed by atoms with E-state index in [0.29, 0.717) is 0 Å². The van der Waals surface area contributed by atoms with Gasteiger partial charge in [-0.05, 0) is 82.6 Å². The lowest BCUT2D eigenvalue weighted by Gasteiger charge is -2.26. The third-order valence-corrected chi connectivity index (χ3v) is 7.16. The van der Waals surface area contributed by atoms with Crippen molar-refractivity contribution in [2.45, 2.75) is 0 Å². The van der Waals surface area contributed by atoms with Crippen LogP contribution in [0.2, 0.25) is 0 Å². The van der Waals surface area contributed by atoms with Crippen molar-refractivity contribution in [3.05, 3.63) is 146 Å². The van der Waals surface area contributed by atoms with Crippen LogP contribution in [0, 0.1) is 0 Å². The van der Waals surface area contributed by atoms with E-state index in [1.807, 2.05) is 18.2 Å². The minimum atomic E-state index is 0.851. The average Bonchev–Trinajstić information content (AvgIpc) is 3.02. The number of para-hydroxylation sites is 1. The highest BCUT2D eigenvalue weighted by Gasteiger charge is 2.13. The zero-order valence-corrected chi connectivity index (χ0v) is 22.2. The van der Waals surface area contributed by atoms with E-state index >= 15 is 0 Å². The number of anilines is 5. The largest absolute Gasteiger partial charge is 0.497 e. The molecule has 0 N–H and O–H groups in total. The molecule has 6 aromatic rings. The van der Waals surface area contributed by atoms with Crippen molar-refractivity contribution in [1.29, 1.82) is 0 Å². The summed E-state index contributed by atoms with van der Waals surface area (Å²) in [4.78, 5) is 4.47. The van der Waals surface area contributed by atoms with Crippen molar-refractivity contribution in [2.24, 2.45) is 0 Å². The highest BCUT2D eigenvalue weighted by Crippen LogP contribution is 2.37. The minimum absolute atomic E-state index is 0.851. The van der Waals surface area contributed by atoms with Gasteiger partial charge in [-0.3, -0.25) is 0 Å². The molecule has 0 unspecified atom stereocenters. The number of fused-ring (bicyclic) bond motifs is 1. The van der Waals surface area contributed by atoms with E-state index in [0.717, 1.165) is 34.2 Å². The lowest BCUT2D eigenvalue weighted by atomic mass is 10.0. The van der Waals surface area contributed by atoms with Gasteiger partial charge in [0, 0.05) is 41.6 Å². The summed E-state index contributed by atoms with van der Waals surface area (Å²) in [5.74, 6) is 0.851. The van der Waals surface area contributed by atoms with Gasteiger partial charge in [-0.25, -0.2) is 0 Å². The maximum atomic E-state index is 5.39. The summed E-state index contributed by atoms with van der Waals surface area (Å²) >= 11 is 0. The summed E-state index contributed by atoms with van der Waals surface area (Å²) in [6, 6.07) is 51.3. The second-order valence-electron chi connectivity index (χ2n) is 9.56. The first-order valence-electron chi connectivity index (χ1n) is 13.1. The molecule has 0 amide bonds. The summed E-state index contributed by atoms with van der Waals surface area (Å²) in [6.07, 6.45) is 0. The summed E-state index contributed by atoms with van der Waals surface area (Å²) in [6.45, 7) is 0. The van der Waals surface area contributed by atoms with E-state index < -0.39 is 0 Å². The molecule has 0 saturated carbocycles. The van der Waals surface area contributed by atoms with E-state index in [2.05, 4.69) is 144 Å². The van der Waals surface area contributed by atoms with E-state index in [-0.39, 0.29) is 0 Å². The van der Waals surface area contributed by atoms with Gasteiger partial charge in [0.05, 0.1) is 7.11 Å². The Balaban J connectivity index is 1.29. The quantitative estimate of drug-likeness (QED) is 0.214. The molecule has 0 spiro atoms. The SMILES string of the molecule is COc1cccc(N(C)c2ccc(-c3ccc(N(c4ccccc4)c4ccc5ccccc5c4)cc3)cc2)c1. The lowest BCUT2D eigenvalue weighted by molar-refractivity contribution is 0.415. The molecule has 3 nitrogen and oxygen atoms in total. The summed E-state index contributed by atoms with van der Waals surface area (Å²) in [7, 11) is 3.77. The molecule has 6 rings (SSSR count). The van der Waals surface area contributed by atoms with Gasteiger partial charge in [0.1, 0.15) is 5.75 Å². The third kappa shape index (κ3) is 5.07. The average molecular weight is 507 g/mol. The monoisotopic (exact) mass is 506 g/mol.